The van der Waals surface area contributed by atoms with E-state index in [4.69, 9.17) is 19.9 Å². The first-order chi connectivity index (χ1) is 6.69. The lowest BCUT2D eigenvalue weighted by molar-refractivity contribution is -0.155. The van der Waals surface area contributed by atoms with Crippen LogP contribution in [0.3, 0.4) is 0 Å². The minimum Gasteiger partial charge on any atom is -0.462 e. The lowest BCUT2D eigenvalue weighted by atomic mass is 9.92. The SMILES string of the molecule is COCCOC(=O)C1(N)CCOCC1. The van der Waals surface area contributed by atoms with E-state index in [1.165, 1.54) is 0 Å². The molecule has 1 aliphatic heterocycles. The molecule has 0 aromatic carbocycles. The standard InChI is InChI=1S/C9H17NO4/c1-12-6-7-14-8(11)9(10)2-4-13-5-3-9/h2-7,10H2,1H3. The molecule has 82 valence electrons. The Morgan fingerprint density at radius 2 is 2.07 bits per heavy atom. The van der Waals surface area contributed by atoms with Gasteiger partial charge in [-0.15, -0.1) is 0 Å². The van der Waals surface area contributed by atoms with Gasteiger partial charge < -0.3 is 19.9 Å². The summed E-state index contributed by atoms with van der Waals surface area (Å²) in [4.78, 5) is 11.5. The summed E-state index contributed by atoms with van der Waals surface area (Å²) in [5.74, 6) is -0.349. The van der Waals surface area contributed by atoms with Crippen LogP contribution in [-0.4, -0.2) is 45.0 Å². The Morgan fingerprint density at radius 3 is 2.64 bits per heavy atom. The van der Waals surface area contributed by atoms with E-state index in [1.807, 2.05) is 0 Å². The quantitative estimate of drug-likeness (QED) is 0.501. The van der Waals surface area contributed by atoms with Crippen LogP contribution >= 0.6 is 0 Å². The Kier molecular flexibility index (Phi) is 4.31. The predicted octanol–water partition coefficient (Wildman–Crippen LogP) is -0.316. The highest BCUT2D eigenvalue weighted by Gasteiger charge is 2.37. The zero-order valence-corrected chi connectivity index (χ0v) is 8.45. The molecule has 0 atom stereocenters. The first kappa shape index (κ1) is 11.4. The predicted molar refractivity (Wildman–Crippen MR) is 49.8 cm³/mol. The smallest absolute Gasteiger partial charge is 0.326 e. The molecule has 0 saturated carbocycles. The van der Waals surface area contributed by atoms with Gasteiger partial charge in [0.2, 0.25) is 0 Å². The molecule has 14 heavy (non-hydrogen) atoms. The van der Waals surface area contributed by atoms with Crippen LogP contribution in [0.4, 0.5) is 0 Å². The Bertz CT molecular complexity index is 189. The molecule has 1 rings (SSSR count). The van der Waals surface area contributed by atoms with E-state index in [9.17, 15) is 4.79 Å². The van der Waals surface area contributed by atoms with E-state index in [0.29, 0.717) is 32.7 Å². The van der Waals surface area contributed by atoms with Gasteiger partial charge in [-0.1, -0.05) is 0 Å². The average molecular weight is 203 g/mol. The third-order valence-corrected chi connectivity index (χ3v) is 2.31. The molecule has 5 heteroatoms. The molecule has 0 unspecified atom stereocenters. The minimum atomic E-state index is -0.855. The average Bonchev–Trinajstić information content (AvgIpc) is 2.19. The van der Waals surface area contributed by atoms with Crippen molar-refractivity contribution in [3.05, 3.63) is 0 Å². The van der Waals surface area contributed by atoms with Crippen LogP contribution in [0.15, 0.2) is 0 Å². The normalized spacial score (nSPS) is 20.4. The largest absolute Gasteiger partial charge is 0.462 e. The summed E-state index contributed by atoms with van der Waals surface area (Å²) in [6.45, 7) is 1.71. The lowest BCUT2D eigenvalue weighted by Gasteiger charge is -2.30. The van der Waals surface area contributed by atoms with E-state index in [1.54, 1.807) is 7.11 Å². The van der Waals surface area contributed by atoms with Gasteiger partial charge in [0.1, 0.15) is 12.1 Å². The van der Waals surface area contributed by atoms with Crippen LogP contribution in [0, 0.1) is 0 Å². The highest BCUT2D eigenvalue weighted by atomic mass is 16.6. The molecule has 0 spiro atoms. The number of ether oxygens (including phenoxy) is 3. The Balaban J connectivity index is 2.33. The summed E-state index contributed by atoms with van der Waals surface area (Å²) in [5, 5.41) is 0. The van der Waals surface area contributed by atoms with Gasteiger partial charge in [-0.3, -0.25) is 4.79 Å². The number of nitrogens with two attached hydrogens (primary N) is 1. The molecule has 1 fully saturated rings. The zero-order chi connectivity index (χ0) is 10.4. The van der Waals surface area contributed by atoms with Gasteiger partial charge in [0.25, 0.3) is 0 Å². The molecule has 1 heterocycles. The van der Waals surface area contributed by atoms with Crippen molar-refractivity contribution in [2.75, 3.05) is 33.5 Å². The number of carbonyl (C=O) groups is 1. The maximum Gasteiger partial charge on any atom is 0.326 e. The molecule has 5 nitrogen and oxygen atoms in total. The number of hydrogen-bond acceptors (Lipinski definition) is 5. The van der Waals surface area contributed by atoms with Gasteiger partial charge in [0.15, 0.2) is 0 Å². The first-order valence-corrected chi connectivity index (χ1v) is 4.72. The topological polar surface area (TPSA) is 70.8 Å². The summed E-state index contributed by atoms with van der Waals surface area (Å²) < 4.78 is 14.9. The summed E-state index contributed by atoms with van der Waals surface area (Å²) in [6.07, 6.45) is 1.05. The fraction of sp³-hybridized carbons (Fsp3) is 0.889. The summed E-state index contributed by atoms with van der Waals surface area (Å²) in [6, 6.07) is 0. The molecule has 2 N–H and O–H groups in total. The van der Waals surface area contributed by atoms with E-state index in [2.05, 4.69) is 0 Å². The van der Waals surface area contributed by atoms with E-state index >= 15 is 0 Å². The molecular formula is C9H17NO4. The van der Waals surface area contributed by atoms with Crippen molar-refractivity contribution in [3.63, 3.8) is 0 Å². The van der Waals surface area contributed by atoms with E-state index < -0.39 is 5.54 Å². The molecule has 1 aliphatic rings. The number of carbonyl (C=O) groups excluding carboxylic acids is 1. The third kappa shape index (κ3) is 2.94. The number of hydrogen-bond donors (Lipinski definition) is 1. The molecule has 0 bridgehead atoms. The van der Waals surface area contributed by atoms with Gasteiger partial charge in [0.05, 0.1) is 6.61 Å². The van der Waals surface area contributed by atoms with Crippen LogP contribution in [0.2, 0.25) is 0 Å². The van der Waals surface area contributed by atoms with Crippen molar-refractivity contribution in [1.29, 1.82) is 0 Å². The van der Waals surface area contributed by atoms with E-state index in [0.717, 1.165) is 0 Å². The summed E-state index contributed by atoms with van der Waals surface area (Å²) in [7, 11) is 1.56. The molecule has 0 amide bonds. The fourth-order valence-electron chi connectivity index (χ4n) is 1.30. The highest BCUT2D eigenvalue weighted by molar-refractivity contribution is 5.80. The fourth-order valence-corrected chi connectivity index (χ4v) is 1.30. The Labute approximate surface area is 83.5 Å². The second-order valence-corrected chi connectivity index (χ2v) is 3.40. The Morgan fingerprint density at radius 1 is 1.43 bits per heavy atom. The van der Waals surface area contributed by atoms with Gasteiger partial charge in [-0.2, -0.15) is 0 Å². The van der Waals surface area contributed by atoms with Crippen molar-refractivity contribution < 1.29 is 19.0 Å². The van der Waals surface area contributed by atoms with Crippen molar-refractivity contribution in [2.24, 2.45) is 5.73 Å². The van der Waals surface area contributed by atoms with Crippen molar-refractivity contribution in [2.45, 2.75) is 18.4 Å². The maximum atomic E-state index is 11.5. The summed E-state index contributed by atoms with van der Waals surface area (Å²) in [5.41, 5.74) is 5.03. The van der Waals surface area contributed by atoms with Crippen LogP contribution in [0.5, 0.6) is 0 Å². The van der Waals surface area contributed by atoms with Crippen molar-refractivity contribution in [3.8, 4) is 0 Å². The molecule has 0 radical (unpaired) electrons. The molecular weight excluding hydrogens is 186 g/mol. The lowest BCUT2D eigenvalue weighted by Crippen LogP contribution is -2.53. The second kappa shape index (κ2) is 5.29. The van der Waals surface area contributed by atoms with Crippen molar-refractivity contribution >= 4 is 5.97 Å². The van der Waals surface area contributed by atoms with Crippen LogP contribution in [0.25, 0.3) is 0 Å². The highest BCUT2D eigenvalue weighted by Crippen LogP contribution is 2.18. The van der Waals surface area contributed by atoms with E-state index in [-0.39, 0.29) is 12.6 Å². The summed E-state index contributed by atoms with van der Waals surface area (Å²) >= 11 is 0. The zero-order valence-electron chi connectivity index (χ0n) is 8.45. The van der Waals surface area contributed by atoms with Crippen LogP contribution in [0.1, 0.15) is 12.8 Å². The molecule has 1 saturated heterocycles. The monoisotopic (exact) mass is 203 g/mol. The minimum absolute atomic E-state index is 0.259. The van der Waals surface area contributed by atoms with Gasteiger partial charge >= 0.3 is 5.97 Å². The second-order valence-electron chi connectivity index (χ2n) is 3.40. The van der Waals surface area contributed by atoms with Gasteiger partial charge in [-0.25, -0.2) is 0 Å². The number of methoxy groups -OCH3 is 1. The third-order valence-electron chi connectivity index (χ3n) is 2.31. The number of rotatable bonds is 4. The molecule has 0 aliphatic carbocycles. The van der Waals surface area contributed by atoms with Crippen LogP contribution < -0.4 is 5.73 Å². The van der Waals surface area contributed by atoms with Gasteiger partial charge in [-0.05, 0) is 12.8 Å². The molecule has 0 aromatic rings. The first-order valence-electron chi connectivity index (χ1n) is 4.72. The van der Waals surface area contributed by atoms with Gasteiger partial charge in [0, 0.05) is 20.3 Å². The van der Waals surface area contributed by atoms with Crippen molar-refractivity contribution in [1.82, 2.24) is 0 Å². The maximum absolute atomic E-state index is 11.5. The number of esters is 1. The van der Waals surface area contributed by atoms with Crippen LogP contribution in [-0.2, 0) is 19.0 Å². The Hall–Kier alpha value is -0.650. The molecule has 0 aromatic heterocycles.